The van der Waals surface area contributed by atoms with Gasteiger partial charge in [0.2, 0.25) is 0 Å². The van der Waals surface area contributed by atoms with Gasteiger partial charge in [-0.05, 0) is 29.9 Å². The van der Waals surface area contributed by atoms with Gasteiger partial charge in [-0.25, -0.2) is 0 Å². The Hall–Kier alpha value is -1.57. The Balaban J connectivity index is 2.04. The molecule has 1 aliphatic carbocycles. The van der Waals surface area contributed by atoms with Crippen LogP contribution in [-0.2, 0) is 0 Å². The summed E-state index contributed by atoms with van der Waals surface area (Å²) in [5.74, 6) is 1.16. The molecule has 0 amide bonds. The number of aromatic amines is 1. The average molecular weight is 212 g/mol. The molecule has 0 fully saturated rings. The first-order valence-corrected chi connectivity index (χ1v) is 5.94. The van der Waals surface area contributed by atoms with Crippen molar-refractivity contribution in [3.63, 3.8) is 0 Å². The highest BCUT2D eigenvalue weighted by atomic mass is 15.1. The number of benzene rings is 1. The number of hydrogen-bond acceptors (Lipinski definition) is 1. The molecule has 1 heterocycles. The zero-order chi connectivity index (χ0) is 11.0. The van der Waals surface area contributed by atoms with Crippen molar-refractivity contribution in [1.29, 1.82) is 0 Å². The van der Waals surface area contributed by atoms with Gasteiger partial charge < -0.3 is 0 Å². The van der Waals surface area contributed by atoms with E-state index in [4.69, 9.17) is 0 Å². The first-order chi connectivity index (χ1) is 7.86. The number of nitrogens with zero attached hydrogens (tertiary/aromatic N) is 1. The quantitative estimate of drug-likeness (QED) is 0.770. The van der Waals surface area contributed by atoms with Gasteiger partial charge >= 0.3 is 0 Å². The third-order valence-corrected chi connectivity index (χ3v) is 3.67. The molecule has 2 nitrogen and oxygen atoms in total. The van der Waals surface area contributed by atoms with Gasteiger partial charge in [0, 0.05) is 11.6 Å². The topological polar surface area (TPSA) is 28.7 Å². The molecule has 3 rings (SSSR count). The minimum Gasteiger partial charge on any atom is -0.282 e. The lowest BCUT2D eigenvalue weighted by molar-refractivity contribution is 0.538. The SMILES string of the molecule is C[C@@H]1CC[C@@H](c2ccccc2)c2[nH]ncc21. The monoisotopic (exact) mass is 212 g/mol. The summed E-state index contributed by atoms with van der Waals surface area (Å²) in [7, 11) is 0. The molecule has 1 aliphatic rings. The van der Waals surface area contributed by atoms with E-state index >= 15 is 0 Å². The lowest BCUT2D eigenvalue weighted by Gasteiger charge is -2.26. The molecule has 0 spiro atoms. The standard InChI is InChI=1S/C14H16N2/c1-10-7-8-12(11-5-3-2-4-6-11)14-13(10)9-15-16-14/h2-6,9-10,12H,7-8H2,1H3,(H,15,16)/t10-,12+/m1/s1. The second kappa shape index (κ2) is 3.78. The van der Waals surface area contributed by atoms with Gasteiger partial charge in [-0.15, -0.1) is 0 Å². The predicted octanol–water partition coefficient (Wildman–Crippen LogP) is 3.44. The first-order valence-electron chi connectivity index (χ1n) is 5.94. The summed E-state index contributed by atoms with van der Waals surface area (Å²) in [5.41, 5.74) is 4.13. The molecule has 0 saturated carbocycles. The van der Waals surface area contributed by atoms with Crippen LogP contribution in [0, 0.1) is 0 Å². The number of nitrogens with one attached hydrogen (secondary N) is 1. The fraction of sp³-hybridized carbons (Fsp3) is 0.357. The van der Waals surface area contributed by atoms with E-state index in [0.717, 1.165) is 0 Å². The normalized spacial score (nSPS) is 24.1. The number of rotatable bonds is 1. The third-order valence-electron chi connectivity index (χ3n) is 3.67. The second-order valence-corrected chi connectivity index (χ2v) is 4.68. The van der Waals surface area contributed by atoms with Crippen molar-refractivity contribution >= 4 is 0 Å². The Labute approximate surface area is 95.7 Å². The molecule has 16 heavy (non-hydrogen) atoms. The van der Waals surface area contributed by atoms with Crippen LogP contribution in [0.2, 0.25) is 0 Å². The molecule has 0 aliphatic heterocycles. The van der Waals surface area contributed by atoms with E-state index in [9.17, 15) is 0 Å². The maximum atomic E-state index is 4.20. The highest BCUT2D eigenvalue weighted by Crippen LogP contribution is 2.40. The van der Waals surface area contributed by atoms with Crippen LogP contribution in [0.4, 0.5) is 0 Å². The van der Waals surface area contributed by atoms with Crippen molar-refractivity contribution in [3.8, 4) is 0 Å². The first kappa shape index (κ1) is 9.64. The summed E-state index contributed by atoms with van der Waals surface area (Å²) in [6, 6.07) is 10.7. The molecular weight excluding hydrogens is 196 g/mol. The summed E-state index contributed by atoms with van der Waals surface area (Å²) in [6.45, 7) is 2.29. The Morgan fingerprint density at radius 3 is 2.81 bits per heavy atom. The Morgan fingerprint density at radius 2 is 2.00 bits per heavy atom. The molecule has 2 heteroatoms. The molecule has 0 saturated heterocycles. The van der Waals surface area contributed by atoms with E-state index in [-0.39, 0.29) is 0 Å². The summed E-state index contributed by atoms with van der Waals surface area (Å²) in [6.07, 6.45) is 4.47. The smallest absolute Gasteiger partial charge is 0.0525 e. The number of hydrogen-bond donors (Lipinski definition) is 1. The Bertz CT molecular complexity index is 472. The van der Waals surface area contributed by atoms with E-state index < -0.39 is 0 Å². The number of H-pyrrole nitrogens is 1. The van der Waals surface area contributed by atoms with Crippen LogP contribution in [0.3, 0.4) is 0 Å². The van der Waals surface area contributed by atoms with Gasteiger partial charge in [0.05, 0.1) is 6.20 Å². The number of fused-ring (bicyclic) bond motifs is 1. The molecule has 2 atom stereocenters. The largest absolute Gasteiger partial charge is 0.282 e. The van der Waals surface area contributed by atoms with Crippen molar-refractivity contribution in [2.24, 2.45) is 0 Å². The van der Waals surface area contributed by atoms with Crippen molar-refractivity contribution in [2.45, 2.75) is 31.6 Å². The molecule has 1 N–H and O–H groups in total. The van der Waals surface area contributed by atoms with Gasteiger partial charge in [0.25, 0.3) is 0 Å². The van der Waals surface area contributed by atoms with Crippen LogP contribution >= 0.6 is 0 Å². The van der Waals surface area contributed by atoms with Crippen LogP contribution in [0.1, 0.15) is 48.4 Å². The molecule has 82 valence electrons. The summed E-state index contributed by atoms with van der Waals surface area (Å²) in [4.78, 5) is 0. The highest BCUT2D eigenvalue weighted by molar-refractivity contribution is 5.36. The van der Waals surface area contributed by atoms with E-state index in [0.29, 0.717) is 11.8 Å². The zero-order valence-corrected chi connectivity index (χ0v) is 9.48. The molecule has 0 bridgehead atoms. The van der Waals surface area contributed by atoms with Gasteiger partial charge in [0.15, 0.2) is 0 Å². The fourth-order valence-electron chi connectivity index (χ4n) is 2.71. The molecule has 0 unspecified atom stereocenters. The fourth-order valence-corrected chi connectivity index (χ4v) is 2.71. The van der Waals surface area contributed by atoms with E-state index in [1.807, 2.05) is 6.20 Å². The van der Waals surface area contributed by atoms with E-state index in [1.165, 1.54) is 29.7 Å². The number of aromatic nitrogens is 2. The second-order valence-electron chi connectivity index (χ2n) is 4.68. The van der Waals surface area contributed by atoms with Crippen LogP contribution < -0.4 is 0 Å². The molecule has 2 aromatic rings. The predicted molar refractivity (Wildman–Crippen MR) is 64.5 cm³/mol. The lowest BCUT2D eigenvalue weighted by Crippen LogP contribution is -2.12. The van der Waals surface area contributed by atoms with Crippen LogP contribution in [0.5, 0.6) is 0 Å². The van der Waals surface area contributed by atoms with Crippen LogP contribution in [0.15, 0.2) is 36.5 Å². The summed E-state index contributed by atoms with van der Waals surface area (Å²) in [5, 5.41) is 7.39. The van der Waals surface area contributed by atoms with Gasteiger partial charge in [0.1, 0.15) is 0 Å². The lowest BCUT2D eigenvalue weighted by atomic mass is 9.78. The molecule has 1 aromatic heterocycles. The van der Waals surface area contributed by atoms with Gasteiger partial charge in [-0.2, -0.15) is 5.10 Å². The Morgan fingerprint density at radius 1 is 1.19 bits per heavy atom. The van der Waals surface area contributed by atoms with Crippen LogP contribution in [0.25, 0.3) is 0 Å². The molecule has 0 radical (unpaired) electrons. The highest BCUT2D eigenvalue weighted by Gasteiger charge is 2.27. The van der Waals surface area contributed by atoms with E-state index in [1.54, 1.807) is 0 Å². The van der Waals surface area contributed by atoms with Crippen LogP contribution in [-0.4, -0.2) is 10.2 Å². The minimum absolute atomic E-state index is 0.509. The molecule has 1 aromatic carbocycles. The minimum atomic E-state index is 0.509. The Kier molecular flexibility index (Phi) is 2.28. The third kappa shape index (κ3) is 1.45. The summed E-state index contributed by atoms with van der Waals surface area (Å²) < 4.78 is 0. The van der Waals surface area contributed by atoms with Crippen molar-refractivity contribution in [2.75, 3.05) is 0 Å². The van der Waals surface area contributed by atoms with Crippen molar-refractivity contribution < 1.29 is 0 Å². The van der Waals surface area contributed by atoms with Crippen molar-refractivity contribution in [1.82, 2.24) is 10.2 Å². The maximum absolute atomic E-state index is 4.20. The maximum Gasteiger partial charge on any atom is 0.0525 e. The van der Waals surface area contributed by atoms with E-state index in [2.05, 4.69) is 47.5 Å². The molecular formula is C14H16N2. The zero-order valence-electron chi connectivity index (χ0n) is 9.48. The van der Waals surface area contributed by atoms with Gasteiger partial charge in [-0.1, -0.05) is 37.3 Å². The van der Waals surface area contributed by atoms with Gasteiger partial charge in [-0.3, -0.25) is 5.10 Å². The van der Waals surface area contributed by atoms with Crippen molar-refractivity contribution in [3.05, 3.63) is 53.3 Å². The summed E-state index contributed by atoms with van der Waals surface area (Å²) >= 11 is 0. The average Bonchev–Trinajstić information content (AvgIpc) is 2.81.